The number of rotatable bonds is 8. The third kappa shape index (κ3) is 5.50. The van der Waals surface area contributed by atoms with Crippen molar-refractivity contribution in [1.82, 2.24) is 9.29 Å². The average Bonchev–Trinajstić information content (AvgIpc) is 3.10. The second-order valence-electron chi connectivity index (χ2n) is 8.01. The number of anilines is 3. The number of nitrogens with one attached hydrogen (secondary N) is 2. The predicted octanol–water partition coefficient (Wildman–Crippen LogP) is 3.38. The lowest BCUT2D eigenvalue weighted by atomic mass is 9.96. The molecule has 0 spiro atoms. The summed E-state index contributed by atoms with van der Waals surface area (Å²) in [5.74, 6) is -2.51. The summed E-state index contributed by atoms with van der Waals surface area (Å²) in [7, 11) is -1.10. The first-order valence-corrected chi connectivity index (χ1v) is 12.0. The highest BCUT2D eigenvalue weighted by atomic mass is 32.2. The van der Waals surface area contributed by atoms with Gasteiger partial charge in [0.2, 0.25) is 0 Å². The maximum Gasteiger partial charge on any atom is 0.302 e. The van der Waals surface area contributed by atoms with E-state index in [1.165, 1.54) is 52.2 Å². The molecule has 0 aliphatic carbocycles. The Balaban J connectivity index is 2.00. The maximum absolute atomic E-state index is 14.8. The van der Waals surface area contributed by atoms with E-state index in [2.05, 4.69) is 15.0 Å². The second kappa shape index (κ2) is 9.25. The molecule has 0 bridgehead atoms. The summed E-state index contributed by atoms with van der Waals surface area (Å²) in [5, 5.41) is 13.1. The van der Waals surface area contributed by atoms with Gasteiger partial charge in [-0.25, -0.2) is 13.8 Å². The molecule has 34 heavy (non-hydrogen) atoms. The van der Waals surface area contributed by atoms with Crippen molar-refractivity contribution in [2.75, 3.05) is 24.1 Å². The van der Waals surface area contributed by atoms with Gasteiger partial charge in [-0.3, -0.25) is 9.52 Å². The van der Waals surface area contributed by atoms with Crippen molar-refractivity contribution < 1.29 is 27.1 Å². The summed E-state index contributed by atoms with van der Waals surface area (Å²) >= 11 is 0.860. The number of hydrogen-bond donors (Lipinski definition) is 4. The van der Waals surface area contributed by atoms with Crippen LogP contribution in [0.3, 0.4) is 0 Å². The summed E-state index contributed by atoms with van der Waals surface area (Å²) in [6.45, 7) is 2.80. The van der Waals surface area contributed by atoms with Crippen molar-refractivity contribution in [2.45, 2.75) is 19.4 Å². The minimum absolute atomic E-state index is 0.00963. The van der Waals surface area contributed by atoms with E-state index in [4.69, 9.17) is 5.73 Å². The molecule has 2 heterocycles. The fourth-order valence-corrected chi connectivity index (χ4v) is 4.53. The van der Waals surface area contributed by atoms with Crippen LogP contribution in [0.5, 0.6) is 0 Å². The Morgan fingerprint density at radius 1 is 1.15 bits per heavy atom. The Hall–Kier alpha value is -3.13. The molecule has 2 aromatic heterocycles. The molecule has 0 atom stereocenters. The van der Waals surface area contributed by atoms with E-state index < -0.39 is 33.4 Å². The number of carbonyl (C=O) groups excluding carboxylic acids is 1. The van der Waals surface area contributed by atoms with Gasteiger partial charge in [0.25, 0.3) is 5.91 Å². The summed E-state index contributed by atoms with van der Waals surface area (Å²) in [6, 6.07) is 7.76. The summed E-state index contributed by atoms with van der Waals surface area (Å²) in [4.78, 5) is 16.2. The molecule has 0 radical (unpaired) electrons. The second-order valence-corrected chi connectivity index (χ2v) is 11.0. The number of amides is 1. The van der Waals surface area contributed by atoms with Crippen molar-refractivity contribution in [2.24, 2.45) is 5.73 Å². The topological polar surface area (TPSA) is 138 Å². The van der Waals surface area contributed by atoms with Crippen LogP contribution in [0.1, 0.15) is 29.8 Å². The SMILES string of the molecule is CN(C)S(=O)(=O)Nc1cccc(Nc2sc(-c3c(F)cc(C(C)(C)O)cc3F)cc2C(N)=O)n1. The number of aromatic nitrogens is 1. The highest BCUT2D eigenvalue weighted by Crippen LogP contribution is 2.40. The molecule has 5 N–H and O–H groups in total. The lowest BCUT2D eigenvalue weighted by Gasteiger charge is -2.18. The Morgan fingerprint density at radius 2 is 1.74 bits per heavy atom. The van der Waals surface area contributed by atoms with Gasteiger partial charge in [-0.15, -0.1) is 11.3 Å². The Kier molecular flexibility index (Phi) is 6.94. The maximum atomic E-state index is 14.8. The van der Waals surface area contributed by atoms with E-state index in [-0.39, 0.29) is 38.2 Å². The predicted molar refractivity (Wildman–Crippen MR) is 127 cm³/mol. The van der Waals surface area contributed by atoms with Crippen LogP contribution in [-0.4, -0.2) is 42.8 Å². The van der Waals surface area contributed by atoms with Gasteiger partial charge < -0.3 is 16.2 Å². The first-order valence-electron chi connectivity index (χ1n) is 9.79. The number of benzene rings is 1. The quantitative estimate of drug-likeness (QED) is 0.366. The molecule has 3 aromatic rings. The van der Waals surface area contributed by atoms with Crippen LogP contribution in [0.25, 0.3) is 10.4 Å². The van der Waals surface area contributed by atoms with Crippen LogP contribution >= 0.6 is 11.3 Å². The lowest BCUT2D eigenvalue weighted by molar-refractivity contribution is 0.0778. The average molecular weight is 512 g/mol. The summed E-state index contributed by atoms with van der Waals surface area (Å²) in [5.41, 5.74) is 3.64. The monoisotopic (exact) mass is 511 g/mol. The van der Waals surface area contributed by atoms with E-state index in [1.807, 2.05) is 0 Å². The summed E-state index contributed by atoms with van der Waals surface area (Å²) < 4.78 is 56.9. The van der Waals surface area contributed by atoms with E-state index >= 15 is 0 Å². The number of thiophene rings is 1. The third-order valence-electron chi connectivity index (χ3n) is 4.70. The normalized spacial score (nSPS) is 12.1. The number of nitrogens with zero attached hydrogens (tertiary/aromatic N) is 2. The molecule has 3 rings (SSSR count). The van der Waals surface area contributed by atoms with Crippen LogP contribution in [0.15, 0.2) is 36.4 Å². The van der Waals surface area contributed by atoms with E-state index in [1.54, 1.807) is 0 Å². The first-order chi connectivity index (χ1) is 15.7. The molecule has 0 aliphatic heterocycles. The third-order valence-corrected chi connectivity index (χ3v) is 7.19. The first kappa shape index (κ1) is 25.5. The fourth-order valence-electron chi connectivity index (χ4n) is 2.85. The standard InChI is InChI=1S/C21H23F2N5O4S2/c1-21(2,30)11-8-13(22)18(14(23)9-11)15-10-12(19(24)29)20(33-15)26-16-6-5-7-17(25-16)27-34(31,32)28(3)4/h5-10,30H,1-4H3,(H2,24,29)(H2,25,26,27). The van der Waals surface area contributed by atoms with Crippen molar-refractivity contribution in [1.29, 1.82) is 0 Å². The highest BCUT2D eigenvalue weighted by molar-refractivity contribution is 7.90. The van der Waals surface area contributed by atoms with E-state index in [0.717, 1.165) is 27.8 Å². The van der Waals surface area contributed by atoms with Crippen LogP contribution in [0, 0.1) is 11.6 Å². The van der Waals surface area contributed by atoms with Crippen LogP contribution in [0.4, 0.5) is 25.4 Å². The smallest absolute Gasteiger partial charge is 0.302 e. The number of pyridine rings is 1. The molecule has 1 aromatic carbocycles. The molecular weight excluding hydrogens is 488 g/mol. The van der Waals surface area contributed by atoms with Gasteiger partial charge >= 0.3 is 10.2 Å². The molecule has 9 nitrogen and oxygen atoms in total. The fraction of sp³-hybridized carbons (Fsp3) is 0.238. The van der Waals surface area contributed by atoms with Crippen LogP contribution < -0.4 is 15.8 Å². The highest BCUT2D eigenvalue weighted by Gasteiger charge is 2.24. The molecule has 0 aliphatic rings. The Morgan fingerprint density at radius 3 is 2.26 bits per heavy atom. The van der Waals surface area contributed by atoms with Gasteiger partial charge in [-0.05, 0) is 49.7 Å². The van der Waals surface area contributed by atoms with Crippen molar-refractivity contribution >= 4 is 44.1 Å². The van der Waals surface area contributed by atoms with Gasteiger partial charge in [-0.1, -0.05) is 6.07 Å². The van der Waals surface area contributed by atoms with Crippen molar-refractivity contribution in [3.63, 3.8) is 0 Å². The van der Waals surface area contributed by atoms with Gasteiger partial charge in [0.15, 0.2) is 0 Å². The van der Waals surface area contributed by atoms with Gasteiger partial charge in [0.05, 0.1) is 16.7 Å². The molecule has 0 fully saturated rings. The number of primary amides is 1. The summed E-state index contributed by atoms with van der Waals surface area (Å²) in [6.07, 6.45) is 0. The zero-order chi connectivity index (χ0) is 25.4. The minimum atomic E-state index is -3.80. The van der Waals surface area contributed by atoms with Gasteiger partial charge in [0.1, 0.15) is 28.3 Å². The number of aliphatic hydroxyl groups is 1. The lowest BCUT2D eigenvalue weighted by Crippen LogP contribution is -2.29. The zero-order valence-electron chi connectivity index (χ0n) is 18.7. The molecule has 182 valence electrons. The van der Waals surface area contributed by atoms with Gasteiger partial charge in [0, 0.05) is 19.0 Å². The molecular formula is C21H23F2N5O4S2. The number of hydrogen-bond acceptors (Lipinski definition) is 7. The molecule has 0 saturated heterocycles. The van der Waals surface area contributed by atoms with Crippen molar-refractivity contribution in [3.05, 3.63) is 59.2 Å². The molecule has 1 amide bonds. The minimum Gasteiger partial charge on any atom is -0.386 e. The number of nitrogens with two attached hydrogens (primary N) is 1. The van der Waals surface area contributed by atoms with Crippen LogP contribution in [-0.2, 0) is 15.8 Å². The van der Waals surface area contributed by atoms with Crippen molar-refractivity contribution in [3.8, 4) is 10.4 Å². The largest absolute Gasteiger partial charge is 0.386 e. The molecule has 0 unspecified atom stereocenters. The van der Waals surface area contributed by atoms with Crippen LogP contribution in [0.2, 0.25) is 0 Å². The van der Waals surface area contributed by atoms with Gasteiger partial charge in [-0.2, -0.15) is 12.7 Å². The number of carbonyl (C=O) groups is 1. The van der Waals surface area contributed by atoms with E-state index in [9.17, 15) is 27.1 Å². The van der Waals surface area contributed by atoms with E-state index in [0.29, 0.717) is 0 Å². The number of halogens is 2. The molecule has 0 saturated carbocycles. The Bertz CT molecular complexity index is 1330. The zero-order valence-corrected chi connectivity index (χ0v) is 20.3. The Labute approximate surface area is 199 Å². The molecule has 13 heteroatoms.